The van der Waals surface area contributed by atoms with Crippen LogP contribution in [0.15, 0.2) is 36.4 Å². The van der Waals surface area contributed by atoms with Crippen LogP contribution in [0.25, 0.3) is 0 Å². The summed E-state index contributed by atoms with van der Waals surface area (Å²) >= 11 is 5.92. The zero-order chi connectivity index (χ0) is 18.9. The number of nitrogens with zero attached hydrogens (tertiary/aromatic N) is 1. The van der Waals surface area contributed by atoms with E-state index in [1.807, 2.05) is 0 Å². The third-order valence-corrected chi connectivity index (χ3v) is 6.40. The third kappa shape index (κ3) is 3.54. The molecule has 0 saturated carbocycles. The van der Waals surface area contributed by atoms with Crippen molar-refractivity contribution in [2.45, 2.75) is 19.8 Å². The lowest BCUT2D eigenvalue weighted by Gasteiger charge is -2.30. The summed E-state index contributed by atoms with van der Waals surface area (Å²) in [5.41, 5.74) is 1.59. The highest BCUT2D eigenvalue weighted by molar-refractivity contribution is 7.92. The van der Waals surface area contributed by atoms with Crippen molar-refractivity contribution in [3.63, 3.8) is 0 Å². The van der Waals surface area contributed by atoms with E-state index in [1.54, 1.807) is 25.1 Å². The van der Waals surface area contributed by atoms with E-state index in [-0.39, 0.29) is 16.3 Å². The number of anilines is 2. The van der Waals surface area contributed by atoms with Crippen LogP contribution in [0, 0.1) is 5.82 Å². The standard InChI is InChI=1S/C18H18ClFN2O3S/c1-2-26(24,25)22-10-4-5-12-8-9-13(11-16(12)22)21-18(23)17-14(19)6-3-7-15(17)20/h3,6-9,11H,2,4-5,10H2,1H3,(H,21,23). The van der Waals surface area contributed by atoms with Crippen LogP contribution in [0.2, 0.25) is 5.02 Å². The Labute approximate surface area is 156 Å². The molecule has 0 fully saturated rings. The Kier molecular flexibility index (Phi) is 5.20. The summed E-state index contributed by atoms with van der Waals surface area (Å²) in [6, 6.07) is 9.07. The molecule has 0 unspecified atom stereocenters. The number of hydrogen-bond donors (Lipinski definition) is 1. The molecule has 0 radical (unpaired) electrons. The maximum Gasteiger partial charge on any atom is 0.260 e. The van der Waals surface area contributed by atoms with Crippen molar-refractivity contribution in [3.8, 4) is 0 Å². The van der Waals surface area contributed by atoms with Crippen molar-refractivity contribution in [3.05, 3.63) is 58.4 Å². The first-order chi connectivity index (χ1) is 12.3. The number of fused-ring (bicyclic) bond motifs is 1. The van der Waals surface area contributed by atoms with Gasteiger partial charge < -0.3 is 5.32 Å². The van der Waals surface area contributed by atoms with Crippen LogP contribution in [0.5, 0.6) is 0 Å². The van der Waals surface area contributed by atoms with Gasteiger partial charge in [-0.1, -0.05) is 23.7 Å². The van der Waals surface area contributed by atoms with E-state index in [2.05, 4.69) is 5.32 Å². The molecule has 1 heterocycles. The molecule has 0 aliphatic carbocycles. The molecule has 26 heavy (non-hydrogen) atoms. The normalized spacial score (nSPS) is 14.0. The van der Waals surface area contributed by atoms with Crippen molar-refractivity contribution >= 4 is 38.9 Å². The molecule has 0 spiro atoms. The van der Waals surface area contributed by atoms with Crippen molar-refractivity contribution < 1.29 is 17.6 Å². The van der Waals surface area contributed by atoms with E-state index >= 15 is 0 Å². The highest BCUT2D eigenvalue weighted by Gasteiger charge is 2.26. The first-order valence-electron chi connectivity index (χ1n) is 8.22. The van der Waals surface area contributed by atoms with Crippen molar-refractivity contribution in [2.24, 2.45) is 0 Å². The number of nitrogens with one attached hydrogen (secondary N) is 1. The fourth-order valence-corrected chi connectivity index (χ4v) is 4.41. The second kappa shape index (κ2) is 7.25. The molecule has 0 bridgehead atoms. The number of amides is 1. The summed E-state index contributed by atoms with van der Waals surface area (Å²) < 4.78 is 39.9. The summed E-state index contributed by atoms with van der Waals surface area (Å²) in [6.07, 6.45) is 1.50. The minimum absolute atomic E-state index is 0.00609. The number of hydrogen-bond acceptors (Lipinski definition) is 3. The van der Waals surface area contributed by atoms with Gasteiger partial charge in [0, 0.05) is 12.2 Å². The fourth-order valence-electron chi connectivity index (χ4n) is 2.97. The molecule has 2 aromatic rings. The molecule has 5 nitrogen and oxygen atoms in total. The number of benzene rings is 2. The number of rotatable bonds is 4. The zero-order valence-electron chi connectivity index (χ0n) is 14.1. The molecular formula is C18H18ClFN2O3S. The lowest BCUT2D eigenvalue weighted by molar-refractivity contribution is 0.102. The van der Waals surface area contributed by atoms with Gasteiger partial charge in [-0.3, -0.25) is 9.10 Å². The molecule has 1 N–H and O–H groups in total. The Morgan fingerprint density at radius 1 is 1.31 bits per heavy atom. The van der Waals surface area contributed by atoms with Gasteiger partial charge in [0.15, 0.2) is 0 Å². The first-order valence-corrected chi connectivity index (χ1v) is 10.2. The van der Waals surface area contributed by atoms with E-state index < -0.39 is 21.7 Å². The molecule has 8 heteroatoms. The van der Waals surface area contributed by atoms with Gasteiger partial charge >= 0.3 is 0 Å². The predicted molar refractivity (Wildman–Crippen MR) is 101 cm³/mol. The van der Waals surface area contributed by atoms with Gasteiger partial charge in [0.2, 0.25) is 10.0 Å². The molecule has 0 saturated heterocycles. The Bertz CT molecular complexity index is 943. The van der Waals surface area contributed by atoms with Gasteiger partial charge in [-0.15, -0.1) is 0 Å². The molecule has 1 amide bonds. The van der Waals surface area contributed by atoms with Crippen LogP contribution < -0.4 is 9.62 Å². The lowest BCUT2D eigenvalue weighted by atomic mass is 10.0. The number of halogens is 2. The number of carbonyl (C=O) groups excluding carboxylic acids is 1. The zero-order valence-corrected chi connectivity index (χ0v) is 15.7. The average Bonchev–Trinajstić information content (AvgIpc) is 2.61. The van der Waals surface area contributed by atoms with Crippen molar-refractivity contribution in [1.82, 2.24) is 0 Å². The highest BCUT2D eigenvalue weighted by Crippen LogP contribution is 2.32. The molecule has 1 aliphatic rings. The van der Waals surface area contributed by atoms with Gasteiger partial charge in [-0.2, -0.15) is 0 Å². The van der Waals surface area contributed by atoms with Crippen LogP contribution in [-0.2, 0) is 16.4 Å². The minimum atomic E-state index is -3.41. The van der Waals surface area contributed by atoms with Gasteiger partial charge in [-0.05, 0) is 49.6 Å². The minimum Gasteiger partial charge on any atom is -0.322 e. The number of sulfonamides is 1. The maximum absolute atomic E-state index is 13.9. The van der Waals surface area contributed by atoms with E-state index in [1.165, 1.54) is 16.4 Å². The molecule has 2 aromatic carbocycles. The van der Waals surface area contributed by atoms with Gasteiger partial charge in [-0.25, -0.2) is 12.8 Å². The molecule has 1 aliphatic heterocycles. The van der Waals surface area contributed by atoms with E-state index in [4.69, 9.17) is 11.6 Å². The monoisotopic (exact) mass is 396 g/mol. The summed E-state index contributed by atoms with van der Waals surface area (Å²) in [6.45, 7) is 2.00. The Balaban J connectivity index is 1.94. The van der Waals surface area contributed by atoms with Crippen LogP contribution in [0.1, 0.15) is 29.3 Å². The van der Waals surface area contributed by atoms with E-state index in [9.17, 15) is 17.6 Å². The molecule has 0 aromatic heterocycles. The molecular weight excluding hydrogens is 379 g/mol. The number of carbonyl (C=O) groups is 1. The van der Waals surface area contributed by atoms with Crippen molar-refractivity contribution in [1.29, 1.82) is 0 Å². The SMILES string of the molecule is CCS(=O)(=O)N1CCCc2ccc(NC(=O)c3c(F)cccc3Cl)cc21. The van der Waals surface area contributed by atoms with Gasteiger partial charge in [0.05, 0.1) is 22.0 Å². The molecule has 138 valence electrons. The van der Waals surface area contributed by atoms with E-state index in [0.29, 0.717) is 17.9 Å². The molecule has 3 rings (SSSR count). The quantitative estimate of drug-likeness (QED) is 0.853. The Morgan fingerprint density at radius 3 is 2.77 bits per heavy atom. The fraction of sp³-hybridized carbons (Fsp3) is 0.278. The Hall–Kier alpha value is -2.12. The second-order valence-electron chi connectivity index (χ2n) is 5.97. The summed E-state index contributed by atoms with van der Waals surface area (Å²) in [5.74, 6) is -1.41. The predicted octanol–water partition coefficient (Wildman–Crippen LogP) is 3.83. The topological polar surface area (TPSA) is 66.5 Å². The van der Waals surface area contributed by atoms with Gasteiger partial charge in [0.25, 0.3) is 5.91 Å². The smallest absolute Gasteiger partial charge is 0.260 e. The third-order valence-electron chi connectivity index (χ3n) is 4.31. The highest BCUT2D eigenvalue weighted by atomic mass is 35.5. The van der Waals surface area contributed by atoms with Crippen LogP contribution >= 0.6 is 11.6 Å². The first kappa shape index (κ1) is 18.7. The maximum atomic E-state index is 13.9. The average molecular weight is 397 g/mol. The largest absolute Gasteiger partial charge is 0.322 e. The summed E-state index contributed by atoms with van der Waals surface area (Å²) in [5, 5.41) is 2.60. The summed E-state index contributed by atoms with van der Waals surface area (Å²) in [4.78, 5) is 12.4. The summed E-state index contributed by atoms with van der Waals surface area (Å²) in [7, 11) is -3.41. The van der Waals surface area contributed by atoms with E-state index in [0.717, 1.165) is 24.5 Å². The Morgan fingerprint density at radius 2 is 2.08 bits per heavy atom. The van der Waals surface area contributed by atoms with Gasteiger partial charge in [0.1, 0.15) is 5.82 Å². The number of aryl methyl sites for hydroxylation is 1. The van der Waals surface area contributed by atoms with Crippen LogP contribution in [0.3, 0.4) is 0 Å². The lowest BCUT2D eigenvalue weighted by Crippen LogP contribution is -2.36. The molecule has 0 atom stereocenters. The van der Waals surface area contributed by atoms with Crippen molar-refractivity contribution in [2.75, 3.05) is 21.9 Å². The van der Waals surface area contributed by atoms with Crippen LogP contribution in [-0.4, -0.2) is 26.6 Å². The van der Waals surface area contributed by atoms with Crippen LogP contribution in [0.4, 0.5) is 15.8 Å². The second-order valence-corrected chi connectivity index (χ2v) is 8.56.